The van der Waals surface area contributed by atoms with Crippen molar-refractivity contribution in [3.8, 4) is 0 Å². The van der Waals surface area contributed by atoms with E-state index in [1.165, 1.54) is 0 Å². The van der Waals surface area contributed by atoms with E-state index in [2.05, 4.69) is 33.9 Å². The van der Waals surface area contributed by atoms with Gasteiger partial charge in [-0.15, -0.1) is 0 Å². The summed E-state index contributed by atoms with van der Waals surface area (Å²) in [4.78, 5) is 12.5. The van der Waals surface area contributed by atoms with Gasteiger partial charge in [-0.05, 0) is 43.1 Å². The van der Waals surface area contributed by atoms with Crippen molar-refractivity contribution >= 4 is 14.3 Å². The molecule has 1 fully saturated rings. The van der Waals surface area contributed by atoms with Crippen LogP contribution in [0.2, 0.25) is 18.1 Å². The Morgan fingerprint density at radius 1 is 1.11 bits per heavy atom. The molecule has 1 aliphatic rings. The Hall–Kier alpha value is -1.21. The molecule has 1 aromatic carbocycles. The number of esters is 1. The lowest BCUT2D eigenvalue weighted by Gasteiger charge is -2.38. The lowest BCUT2D eigenvalue weighted by molar-refractivity contribution is -0.231. The summed E-state index contributed by atoms with van der Waals surface area (Å²) < 4.78 is 17.9. The number of aliphatic hydroxyl groups excluding tert-OH is 1. The minimum Gasteiger partial charge on any atom is -0.429 e. The molecule has 0 radical (unpaired) electrons. The first kappa shape index (κ1) is 23.1. The maximum Gasteiger partial charge on any atom is 0.340 e. The summed E-state index contributed by atoms with van der Waals surface area (Å²) in [5, 5.41) is 10.5. The van der Waals surface area contributed by atoms with Crippen molar-refractivity contribution < 1.29 is 23.8 Å². The molecule has 0 aromatic heterocycles. The van der Waals surface area contributed by atoms with Crippen LogP contribution in [0.5, 0.6) is 0 Å². The van der Waals surface area contributed by atoms with Crippen molar-refractivity contribution in [2.75, 3.05) is 13.2 Å². The van der Waals surface area contributed by atoms with Gasteiger partial charge in [-0.3, -0.25) is 0 Å². The normalized spacial score (nSPS) is 18.5. The molecule has 0 aliphatic heterocycles. The fourth-order valence-electron chi connectivity index (χ4n) is 2.99. The predicted molar refractivity (Wildman–Crippen MR) is 113 cm³/mol. The molecule has 0 bridgehead atoms. The van der Waals surface area contributed by atoms with E-state index in [4.69, 9.17) is 13.9 Å². The second-order valence-electron chi connectivity index (χ2n) is 9.26. The minimum atomic E-state index is -1.93. The summed E-state index contributed by atoms with van der Waals surface area (Å²) in [7, 11) is -1.93. The zero-order valence-electron chi connectivity index (χ0n) is 18.0. The van der Waals surface area contributed by atoms with Gasteiger partial charge in [-0.2, -0.15) is 0 Å². The van der Waals surface area contributed by atoms with Crippen LogP contribution in [0.15, 0.2) is 30.3 Å². The molecule has 1 atom stereocenters. The SMILES string of the molecule is CC(C)(C)[Si](C)(C)OC[C@@H](O)COC1(OC(=O)c2ccccc2)CCCCC1. The largest absolute Gasteiger partial charge is 0.429 e. The third-order valence-electron chi connectivity index (χ3n) is 5.89. The van der Waals surface area contributed by atoms with Gasteiger partial charge in [0, 0.05) is 12.8 Å². The molecule has 2 rings (SSSR count). The highest BCUT2D eigenvalue weighted by atomic mass is 28.4. The van der Waals surface area contributed by atoms with Gasteiger partial charge in [-0.1, -0.05) is 45.4 Å². The van der Waals surface area contributed by atoms with Gasteiger partial charge in [0.25, 0.3) is 0 Å². The molecule has 0 heterocycles. The van der Waals surface area contributed by atoms with Crippen LogP contribution in [-0.4, -0.2) is 44.5 Å². The van der Waals surface area contributed by atoms with Crippen molar-refractivity contribution in [3.05, 3.63) is 35.9 Å². The quantitative estimate of drug-likeness (QED) is 0.376. The Morgan fingerprint density at radius 2 is 1.71 bits per heavy atom. The molecule has 1 aromatic rings. The van der Waals surface area contributed by atoms with Crippen molar-refractivity contribution in [2.45, 2.75) is 82.9 Å². The molecular weight excluding hydrogens is 372 g/mol. The molecule has 28 heavy (non-hydrogen) atoms. The third-order valence-corrected chi connectivity index (χ3v) is 10.4. The van der Waals surface area contributed by atoms with Gasteiger partial charge in [0.1, 0.15) is 0 Å². The molecule has 1 saturated carbocycles. The first-order valence-electron chi connectivity index (χ1n) is 10.3. The molecule has 0 saturated heterocycles. The lowest BCUT2D eigenvalue weighted by Crippen LogP contribution is -2.45. The summed E-state index contributed by atoms with van der Waals surface area (Å²) in [6.07, 6.45) is 3.55. The molecule has 1 N–H and O–H groups in total. The second-order valence-corrected chi connectivity index (χ2v) is 14.1. The highest BCUT2D eigenvalue weighted by molar-refractivity contribution is 6.74. The van der Waals surface area contributed by atoms with Crippen molar-refractivity contribution in [1.29, 1.82) is 0 Å². The Kier molecular flexibility index (Phi) is 7.85. The van der Waals surface area contributed by atoms with Gasteiger partial charge < -0.3 is 19.0 Å². The summed E-state index contributed by atoms with van der Waals surface area (Å²) in [5.41, 5.74) is 0.512. The minimum absolute atomic E-state index is 0.0867. The zero-order chi connectivity index (χ0) is 20.8. The van der Waals surface area contributed by atoms with E-state index in [1.807, 2.05) is 18.2 Å². The van der Waals surface area contributed by atoms with Gasteiger partial charge in [0.2, 0.25) is 5.79 Å². The standard InChI is InChI=1S/C22H36O5Si/c1-21(2,3)28(4,5)26-17-19(23)16-25-22(14-10-7-11-15-22)27-20(24)18-12-8-6-9-13-18/h6,8-9,12-13,19,23H,7,10-11,14-17H2,1-5H3/t19-/m0/s1. The maximum atomic E-state index is 12.5. The van der Waals surface area contributed by atoms with E-state index in [0.717, 1.165) is 19.3 Å². The number of carbonyl (C=O) groups is 1. The highest BCUT2D eigenvalue weighted by Crippen LogP contribution is 2.37. The summed E-state index contributed by atoms with van der Waals surface area (Å²) in [6, 6.07) is 8.96. The first-order chi connectivity index (χ1) is 13.0. The Balaban J connectivity index is 1.94. The fraction of sp³-hybridized carbons (Fsp3) is 0.682. The molecule has 1 aliphatic carbocycles. The van der Waals surface area contributed by atoms with E-state index >= 15 is 0 Å². The first-order valence-corrected chi connectivity index (χ1v) is 13.2. The summed E-state index contributed by atoms with van der Waals surface area (Å²) in [5.74, 6) is -1.34. The van der Waals surface area contributed by atoms with Crippen molar-refractivity contribution in [3.63, 3.8) is 0 Å². The fourth-order valence-corrected chi connectivity index (χ4v) is 4.03. The Morgan fingerprint density at radius 3 is 2.29 bits per heavy atom. The van der Waals surface area contributed by atoms with E-state index in [9.17, 15) is 9.90 Å². The van der Waals surface area contributed by atoms with E-state index in [0.29, 0.717) is 18.4 Å². The lowest BCUT2D eigenvalue weighted by atomic mass is 9.94. The Bertz CT molecular complexity index is 618. The molecule has 0 spiro atoms. The Labute approximate surface area is 170 Å². The number of carbonyl (C=O) groups excluding carboxylic acids is 1. The van der Waals surface area contributed by atoms with Crippen LogP contribution in [0.4, 0.5) is 0 Å². The van der Waals surface area contributed by atoms with Crippen LogP contribution < -0.4 is 0 Å². The molecular formula is C22H36O5Si. The van der Waals surface area contributed by atoms with E-state index < -0.39 is 20.2 Å². The summed E-state index contributed by atoms with van der Waals surface area (Å²) >= 11 is 0. The molecule has 6 heteroatoms. The number of aliphatic hydroxyl groups is 1. The molecule has 0 unspecified atom stereocenters. The average molecular weight is 409 g/mol. The van der Waals surface area contributed by atoms with E-state index in [1.54, 1.807) is 12.1 Å². The number of ether oxygens (including phenoxy) is 2. The predicted octanol–water partition coefficient (Wildman–Crippen LogP) is 4.90. The highest BCUT2D eigenvalue weighted by Gasteiger charge is 2.39. The van der Waals surface area contributed by atoms with Crippen molar-refractivity contribution in [1.82, 2.24) is 0 Å². The molecule has 0 amide bonds. The topological polar surface area (TPSA) is 65.0 Å². The second kappa shape index (κ2) is 9.52. The van der Waals surface area contributed by atoms with Crippen LogP contribution in [0, 0.1) is 0 Å². The van der Waals surface area contributed by atoms with Crippen LogP contribution in [-0.2, 0) is 13.9 Å². The zero-order valence-corrected chi connectivity index (χ0v) is 19.0. The smallest absolute Gasteiger partial charge is 0.340 e. The molecule has 5 nitrogen and oxygen atoms in total. The van der Waals surface area contributed by atoms with Gasteiger partial charge in [-0.25, -0.2) is 4.79 Å². The number of hydrogen-bond donors (Lipinski definition) is 1. The van der Waals surface area contributed by atoms with Gasteiger partial charge in [0.05, 0.1) is 24.9 Å². The maximum absolute atomic E-state index is 12.5. The third kappa shape index (κ3) is 6.41. The van der Waals surface area contributed by atoms with Crippen LogP contribution in [0.25, 0.3) is 0 Å². The monoisotopic (exact) mass is 408 g/mol. The summed E-state index contributed by atoms with van der Waals surface area (Å²) in [6.45, 7) is 11.2. The number of hydrogen-bond acceptors (Lipinski definition) is 5. The molecule has 158 valence electrons. The average Bonchev–Trinajstić information content (AvgIpc) is 2.65. The van der Waals surface area contributed by atoms with Gasteiger partial charge in [0.15, 0.2) is 8.32 Å². The van der Waals surface area contributed by atoms with Crippen LogP contribution in [0.1, 0.15) is 63.2 Å². The number of rotatable bonds is 8. The number of benzene rings is 1. The van der Waals surface area contributed by atoms with Crippen LogP contribution >= 0.6 is 0 Å². The van der Waals surface area contributed by atoms with E-state index in [-0.39, 0.29) is 24.2 Å². The van der Waals surface area contributed by atoms with Crippen molar-refractivity contribution in [2.24, 2.45) is 0 Å². The van der Waals surface area contributed by atoms with Crippen LogP contribution in [0.3, 0.4) is 0 Å². The van der Waals surface area contributed by atoms with Gasteiger partial charge >= 0.3 is 5.97 Å².